The van der Waals surface area contributed by atoms with E-state index in [9.17, 15) is 22.8 Å². The predicted molar refractivity (Wildman–Crippen MR) is 71.4 cm³/mol. The maximum absolute atomic E-state index is 12.5. The Morgan fingerprint density at radius 3 is 2.52 bits per heavy atom. The molecule has 2 N–H and O–H groups in total. The van der Waals surface area contributed by atoms with Gasteiger partial charge in [-0.05, 0) is 6.92 Å². The van der Waals surface area contributed by atoms with Crippen molar-refractivity contribution in [3.63, 3.8) is 0 Å². The Balaban J connectivity index is 2.49. The summed E-state index contributed by atoms with van der Waals surface area (Å²) in [5.41, 5.74) is 4.17. The van der Waals surface area contributed by atoms with Crippen LogP contribution in [0.25, 0.3) is 0 Å². The van der Waals surface area contributed by atoms with E-state index in [0.717, 1.165) is 6.07 Å². The third-order valence-electron chi connectivity index (χ3n) is 2.61. The smallest absolute Gasteiger partial charge is 0.385 e. The van der Waals surface area contributed by atoms with Gasteiger partial charge in [0.1, 0.15) is 17.4 Å². The first kappa shape index (κ1) is 15.3. The lowest BCUT2D eigenvalue weighted by atomic mass is 10.5. The average Bonchev–Trinajstić information content (AvgIpc) is 2.75. The topological polar surface area (TPSA) is 82.9 Å². The number of hydrogen-bond acceptors (Lipinski definition) is 5. The standard InChI is InChI=1S/C11H11F3N4O2S/c1-6-4-21-8(16-6)3-17-9(19)2-7(15)18(10(17)20)5-11(12,13)14/h2,4H,3,5,15H2,1H3. The van der Waals surface area contributed by atoms with Crippen LogP contribution in [-0.2, 0) is 13.1 Å². The number of aryl methyl sites for hydroxylation is 1. The van der Waals surface area contributed by atoms with E-state index in [0.29, 0.717) is 19.8 Å². The molecule has 0 fully saturated rings. The highest BCUT2D eigenvalue weighted by Crippen LogP contribution is 2.17. The van der Waals surface area contributed by atoms with Crippen molar-refractivity contribution in [2.45, 2.75) is 26.2 Å². The van der Waals surface area contributed by atoms with Gasteiger partial charge in [-0.25, -0.2) is 9.78 Å². The number of alkyl halides is 3. The minimum atomic E-state index is -4.61. The summed E-state index contributed by atoms with van der Waals surface area (Å²) in [6.07, 6.45) is -4.61. The third-order valence-corrected chi connectivity index (χ3v) is 3.56. The van der Waals surface area contributed by atoms with E-state index in [-0.39, 0.29) is 6.54 Å². The molecule has 0 saturated heterocycles. The number of nitrogens with zero attached hydrogens (tertiary/aromatic N) is 3. The van der Waals surface area contributed by atoms with Crippen molar-refractivity contribution >= 4 is 17.2 Å². The van der Waals surface area contributed by atoms with Crippen LogP contribution in [0, 0.1) is 6.92 Å². The van der Waals surface area contributed by atoms with Crippen LogP contribution < -0.4 is 17.0 Å². The molecule has 2 aromatic rings. The van der Waals surface area contributed by atoms with Gasteiger partial charge < -0.3 is 5.73 Å². The Morgan fingerprint density at radius 2 is 2.00 bits per heavy atom. The van der Waals surface area contributed by atoms with E-state index in [1.807, 2.05) is 0 Å². The maximum atomic E-state index is 12.5. The van der Waals surface area contributed by atoms with Crippen molar-refractivity contribution in [1.82, 2.24) is 14.1 Å². The van der Waals surface area contributed by atoms with Crippen molar-refractivity contribution in [3.05, 3.63) is 43.0 Å². The second kappa shape index (κ2) is 5.35. The number of nitrogens with two attached hydrogens (primary N) is 1. The Bertz CT molecular complexity index is 775. The van der Waals surface area contributed by atoms with Crippen molar-refractivity contribution in [3.8, 4) is 0 Å². The Labute approximate surface area is 120 Å². The fourth-order valence-electron chi connectivity index (χ4n) is 1.73. The van der Waals surface area contributed by atoms with Gasteiger partial charge in [0.15, 0.2) is 0 Å². The van der Waals surface area contributed by atoms with Crippen molar-refractivity contribution in [2.75, 3.05) is 5.73 Å². The van der Waals surface area contributed by atoms with Gasteiger partial charge in [-0.2, -0.15) is 13.2 Å². The van der Waals surface area contributed by atoms with Crippen molar-refractivity contribution < 1.29 is 13.2 Å². The van der Waals surface area contributed by atoms with E-state index < -0.39 is 29.8 Å². The average molecular weight is 320 g/mol. The number of anilines is 1. The summed E-state index contributed by atoms with van der Waals surface area (Å²) in [7, 11) is 0. The Hall–Kier alpha value is -2.10. The van der Waals surface area contributed by atoms with Gasteiger partial charge in [-0.1, -0.05) is 0 Å². The van der Waals surface area contributed by atoms with Crippen LogP contribution in [0.5, 0.6) is 0 Å². The Morgan fingerprint density at radius 1 is 1.33 bits per heavy atom. The first-order valence-electron chi connectivity index (χ1n) is 5.75. The number of halogens is 3. The van der Waals surface area contributed by atoms with E-state index >= 15 is 0 Å². The number of rotatable bonds is 3. The molecule has 0 aliphatic carbocycles. The molecule has 0 aliphatic heterocycles. The van der Waals surface area contributed by atoms with Crippen molar-refractivity contribution in [2.24, 2.45) is 0 Å². The van der Waals surface area contributed by atoms with Crippen LogP contribution in [0.15, 0.2) is 21.0 Å². The van der Waals surface area contributed by atoms with Crippen LogP contribution in [0.4, 0.5) is 19.0 Å². The lowest BCUT2D eigenvalue weighted by Crippen LogP contribution is -2.42. The molecule has 0 bridgehead atoms. The van der Waals surface area contributed by atoms with Crippen molar-refractivity contribution in [1.29, 1.82) is 0 Å². The quantitative estimate of drug-likeness (QED) is 0.913. The summed E-state index contributed by atoms with van der Waals surface area (Å²) in [6, 6.07) is 0.799. The molecule has 2 rings (SSSR count). The zero-order valence-corrected chi connectivity index (χ0v) is 11.7. The second-order valence-corrected chi connectivity index (χ2v) is 5.30. The van der Waals surface area contributed by atoms with Crippen LogP contribution >= 0.6 is 11.3 Å². The molecule has 0 saturated carbocycles. The van der Waals surface area contributed by atoms with Gasteiger partial charge in [0.05, 0.1) is 6.54 Å². The Kier molecular flexibility index (Phi) is 3.90. The predicted octanol–water partition coefficient (Wildman–Crippen LogP) is 0.968. The monoisotopic (exact) mass is 320 g/mol. The molecule has 0 spiro atoms. The highest BCUT2D eigenvalue weighted by atomic mass is 32.1. The lowest BCUT2D eigenvalue weighted by molar-refractivity contribution is -0.141. The zero-order chi connectivity index (χ0) is 15.8. The molecule has 0 unspecified atom stereocenters. The largest absolute Gasteiger partial charge is 0.406 e. The summed E-state index contributed by atoms with van der Waals surface area (Å²) in [5, 5.41) is 2.17. The van der Waals surface area contributed by atoms with E-state index in [2.05, 4.69) is 4.98 Å². The molecule has 0 aliphatic rings. The maximum Gasteiger partial charge on any atom is 0.406 e. The minimum absolute atomic E-state index is 0.186. The number of aromatic nitrogens is 3. The molecule has 21 heavy (non-hydrogen) atoms. The van der Waals surface area contributed by atoms with Gasteiger partial charge >= 0.3 is 11.9 Å². The molecular formula is C11H11F3N4O2S. The highest BCUT2D eigenvalue weighted by molar-refractivity contribution is 7.09. The molecule has 0 atom stereocenters. The first-order valence-corrected chi connectivity index (χ1v) is 6.63. The zero-order valence-electron chi connectivity index (χ0n) is 10.8. The molecule has 6 nitrogen and oxygen atoms in total. The molecule has 0 radical (unpaired) electrons. The van der Waals surface area contributed by atoms with E-state index in [4.69, 9.17) is 5.73 Å². The molecule has 114 valence electrons. The van der Waals surface area contributed by atoms with Gasteiger partial charge in [-0.15, -0.1) is 11.3 Å². The molecule has 10 heteroatoms. The normalized spacial score (nSPS) is 11.8. The number of thiazole rings is 1. The SMILES string of the molecule is Cc1csc(Cn2c(=O)cc(N)n(CC(F)(F)F)c2=O)n1. The van der Waals surface area contributed by atoms with Gasteiger partial charge in [-0.3, -0.25) is 13.9 Å². The second-order valence-electron chi connectivity index (χ2n) is 4.36. The molecular weight excluding hydrogens is 309 g/mol. The summed E-state index contributed by atoms with van der Waals surface area (Å²) >= 11 is 1.21. The van der Waals surface area contributed by atoms with E-state index in [1.54, 1.807) is 12.3 Å². The van der Waals surface area contributed by atoms with Gasteiger partial charge in [0.2, 0.25) is 0 Å². The highest BCUT2D eigenvalue weighted by Gasteiger charge is 2.30. The number of hydrogen-bond donors (Lipinski definition) is 1. The van der Waals surface area contributed by atoms with Gasteiger partial charge in [0.25, 0.3) is 5.56 Å². The van der Waals surface area contributed by atoms with E-state index in [1.165, 1.54) is 11.3 Å². The van der Waals surface area contributed by atoms with Crippen LogP contribution in [0.1, 0.15) is 10.7 Å². The summed E-state index contributed by atoms with van der Waals surface area (Å²) in [6.45, 7) is -0.00313. The molecule has 0 aromatic carbocycles. The molecule has 2 heterocycles. The van der Waals surface area contributed by atoms with Gasteiger partial charge in [0, 0.05) is 17.1 Å². The lowest BCUT2D eigenvalue weighted by Gasteiger charge is -2.13. The third kappa shape index (κ3) is 3.51. The summed E-state index contributed by atoms with van der Waals surface area (Å²) in [4.78, 5) is 27.8. The van der Waals surface area contributed by atoms with Crippen LogP contribution in [0.2, 0.25) is 0 Å². The fraction of sp³-hybridized carbons (Fsp3) is 0.364. The molecule has 2 aromatic heterocycles. The molecule has 0 amide bonds. The fourth-order valence-corrected chi connectivity index (χ4v) is 2.49. The number of nitrogen functional groups attached to an aromatic ring is 1. The van der Waals surface area contributed by atoms with Crippen LogP contribution in [0.3, 0.4) is 0 Å². The first-order chi connectivity index (χ1) is 9.67. The minimum Gasteiger partial charge on any atom is -0.385 e. The summed E-state index contributed by atoms with van der Waals surface area (Å²) < 4.78 is 38.4. The summed E-state index contributed by atoms with van der Waals surface area (Å²) in [5.74, 6) is -0.520. The van der Waals surface area contributed by atoms with Crippen LogP contribution in [-0.4, -0.2) is 20.3 Å².